The van der Waals surface area contributed by atoms with Crippen molar-refractivity contribution in [2.45, 2.75) is 18.8 Å². The smallest absolute Gasteiger partial charge is 0.164 e. The standard InChI is InChI=1S/C20H19NO2/c1-22-18-12-15-11-14(17-5-3-4-10-21-17)8-9-16(15)19(13-6-7-13)20(18)23-2/h3-5,8-13H,6-7H2,1-2H3. The third-order valence-corrected chi connectivity index (χ3v) is 4.47. The van der Waals surface area contributed by atoms with Crippen LogP contribution in [-0.4, -0.2) is 19.2 Å². The van der Waals surface area contributed by atoms with Crippen LogP contribution in [0.4, 0.5) is 0 Å². The van der Waals surface area contributed by atoms with Crippen LogP contribution in [-0.2, 0) is 0 Å². The van der Waals surface area contributed by atoms with E-state index >= 15 is 0 Å². The lowest BCUT2D eigenvalue weighted by Crippen LogP contribution is -1.97. The first-order valence-corrected chi connectivity index (χ1v) is 7.92. The van der Waals surface area contributed by atoms with Crippen molar-refractivity contribution >= 4 is 10.8 Å². The fourth-order valence-corrected chi connectivity index (χ4v) is 3.22. The van der Waals surface area contributed by atoms with E-state index in [1.165, 1.54) is 29.2 Å². The molecule has 4 rings (SSSR count). The molecule has 3 aromatic rings. The summed E-state index contributed by atoms with van der Waals surface area (Å²) in [6, 6.07) is 14.6. The summed E-state index contributed by atoms with van der Waals surface area (Å²) in [5.41, 5.74) is 3.39. The van der Waals surface area contributed by atoms with Gasteiger partial charge in [0.1, 0.15) is 0 Å². The largest absolute Gasteiger partial charge is 0.493 e. The minimum Gasteiger partial charge on any atom is -0.493 e. The second kappa shape index (κ2) is 5.58. The SMILES string of the molecule is COc1cc2cc(-c3ccccn3)ccc2c(C2CC2)c1OC. The van der Waals surface area contributed by atoms with E-state index in [-0.39, 0.29) is 0 Å². The average Bonchev–Trinajstić information content (AvgIpc) is 3.45. The van der Waals surface area contributed by atoms with Crippen LogP contribution in [0.3, 0.4) is 0 Å². The highest BCUT2D eigenvalue weighted by Crippen LogP contribution is 2.51. The molecule has 1 fully saturated rings. The highest BCUT2D eigenvalue weighted by molar-refractivity contribution is 5.93. The topological polar surface area (TPSA) is 31.4 Å². The van der Waals surface area contributed by atoms with Crippen molar-refractivity contribution in [3.05, 3.63) is 54.2 Å². The number of hydrogen-bond acceptors (Lipinski definition) is 3. The molecule has 0 aliphatic heterocycles. The Kier molecular flexibility index (Phi) is 3.41. The zero-order chi connectivity index (χ0) is 15.8. The Morgan fingerprint density at radius 1 is 1.00 bits per heavy atom. The van der Waals surface area contributed by atoms with Gasteiger partial charge >= 0.3 is 0 Å². The van der Waals surface area contributed by atoms with Crippen LogP contribution in [0, 0.1) is 0 Å². The maximum absolute atomic E-state index is 5.65. The number of nitrogens with zero attached hydrogens (tertiary/aromatic N) is 1. The first-order valence-electron chi connectivity index (χ1n) is 7.92. The van der Waals surface area contributed by atoms with Gasteiger partial charge in [-0.2, -0.15) is 0 Å². The van der Waals surface area contributed by atoms with Gasteiger partial charge in [-0.25, -0.2) is 0 Å². The zero-order valence-electron chi connectivity index (χ0n) is 13.4. The van der Waals surface area contributed by atoms with Gasteiger partial charge < -0.3 is 9.47 Å². The number of pyridine rings is 1. The summed E-state index contributed by atoms with van der Waals surface area (Å²) in [6.07, 6.45) is 4.27. The van der Waals surface area contributed by atoms with Crippen LogP contribution in [0.25, 0.3) is 22.0 Å². The van der Waals surface area contributed by atoms with Crippen LogP contribution in [0.1, 0.15) is 24.3 Å². The summed E-state index contributed by atoms with van der Waals surface area (Å²) < 4.78 is 11.2. The first-order chi connectivity index (χ1) is 11.3. The van der Waals surface area contributed by atoms with Crippen LogP contribution in [0.15, 0.2) is 48.7 Å². The number of methoxy groups -OCH3 is 2. The Hall–Kier alpha value is -2.55. The van der Waals surface area contributed by atoms with E-state index in [1.807, 2.05) is 24.4 Å². The number of aromatic nitrogens is 1. The summed E-state index contributed by atoms with van der Waals surface area (Å²) in [4.78, 5) is 4.45. The second-order valence-electron chi connectivity index (χ2n) is 5.95. The zero-order valence-corrected chi connectivity index (χ0v) is 13.4. The molecular weight excluding hydrogens is 286 g/mol. The molecule has 2 aromatic carbocycles. The van der Waals surface area contributed by atoms with Crippen molar-refractivity contribution in [1.82, 2.24) is 4.98 Å². The van der Waals surface area contributed by atoms with Crippen molar-refractivity contribution in [2.75, 3.05) is 14.2 Å². The Labute approximate surface area is 135 Å². The minimum absolute atomic E-state index is 0.586. The Bertz CT molecular complexity index is 854. The third kappa shape index (κ3) is 2.42. The van der Waals surface area contributed by atoms with E-state index in [2.05, 4.69) is 29.2 Å². The van der Waals surface area contributed by atoms with Crippen LogP contribution < -0.4 is 9.47 Å². The van der Waals surface area contributed by atoms with Gasteiger partial charge in [-0.1, -0.05) is 18.2 Å². The number of hydrogen-bond donors (Lipinski definition) is 0. The molecule has 0 atom stereocenters. The van der Waals surface area contributed by atoms with Gasteiger partial charge in [-0.15, -0.1) is 0 Å². The van der Waals surface area contributed by atoms with Gasteiger partial charge in [0.05, 0.1) is 19.9 Å². The van der Waals surface area contributed by atoms with E-state index < -0.39 is 0 Å². The maximum atomic E-state index is 5.65. The van der Waals surface area contributed by atoms with Gasteiger partial charge in [0.15, 0.2) is 11.5 Å². The molecular formula is C20H19NO2. The molecule has 1 saturated carbocycles. The average molecular weight is 305 g/mol. The predicted molar refractivity (Wildman–Crippen MR) is 92.3 cm³/mol. The number of fused-ring (bicyclic) bond motifs is 1. The number of benzene rings is 2. The summed E-state index contributed by atoms with van der Waals surface area (Å²) in [7, 11) is 3.42. The second-order valence-corrected chi connectivity index (χ2v) is 5.95. The third-order valence-electron chi connectivity index (χ3n) is 4.47. The number of rotatable bonds is 4. The molecule has 0 radical (unpaired) electrons. The maximum Gasteiger partial charge on any atom is 0.164 e. The summed E-state index contributed by atoms with van der Waals surface area (Å²) in [6.45, 7) is 0. The van der Waals surface area contributed by atoms with E-state index in [0.717, 1.165) is 22.8 Å². The minimum atomic E-state index is 0.586. The van der Waals surface area contributed by atoms with E-state index in [9.17, 15) is 0 Å². The van der Waals surface area contributed by atoms with Crippen molar-refractivity contribution in [3.8, 4) is 22.8 Å². The quantitative estimate of drug-likeness (QED) is 0.694. The molecule has 0 amide bonds. The Morgan fingerprint density at radius 3 is 2.52 bits per heavy atom. The normalized spacial score (nSPS) is 14.0. The fourth-order valence-electron chi connectivity index (χ4n) is 3.22. The molecule has 0 saturated heterocycles. The fraction of sp³-hybridized carbons (Fsp3) is 0.250. The van der Waals surface area contributed by atoms with Crippen molar-refractivity contribution in [1.29, 1.82) is 0 Å². The molecule has 0 bridgehead atoms. The molecule has 1 heterocycles. The van der Waals surface area contributed by atoms with E-state index in [4.69, 9.17) is 9.47 Å². The molecule has 0 N–H and O–H groups in total. The molecule has 1 aliphatic carbocycles. The summed E-state index contributed by atoms with van der Waals surface area (Å²) in [5, 5.41) is 2.43. The van der Waals surface area contributed by atoms with Crippen molar-refractivity contribution < 1.29 is 9.47 Å². The lowest BCUT2D eigenvalue weighted by atomic mass is 9.96. The molecule has 1 aliphatic rings. The van der Waals surface area contributed by atoms with Crippen LogP contribution >= 0.6 is 0 Å². The van der Waals surface area contributed by atoms with Crippen LogP contribution in [0.2, 0.25) is 0 Å². The Balaban J connectivity index is 1.95. The Morgan fingerprint density at radius 2 is 1.87 bits per heavy atom. The molecule has 0 spiro atoms. The lowest BCUT2D eigenvalue weighted by Gasteiger charge is -2.16. The number of ether oxygens (including phenoxy) is 2. The molecule has 116 valence electrons. The van der Waals surface area contributed by atoms with Crippen LogP contribution in [0.5, 0.6) is 11.5 Å². The molecule has 3 heteroatoms. The van der Waals surface area contributed by atoms with Gasteiger partial charge in [-0.05, 0) is 53.8 Å². The summed E-state index contributed by atoms with van der Waals surface area (Å²) in [5.74, 6) is 2.27. The molecule has 3 nitrogen and oxygen atoms in total. The van der Waals surface area contributed by atoms with E-state index in [0.29, 0.717) is 5.92 Å². The monoisotopic (exact) mass is 305 g/mol. The molecule has 1 aromatic heterocycles. The lowest BCUT2D eigenvalue weighted by molar-refractivity contribution is 0.353. The van der Waals surface area contributed by atoms with Crippen molar-refractivity contribution in [2.24, 2.45) is 0 Å². The van der Waals surface area contributed by atoms with Gasteiger partial charge in [0.2, 0.25) is 0 Å². The highest BCUT2D eigenvalue weighted by atomic mass is 16.5. The van der Waals surface area contributed by atoms with E-state index in [1.54, 1.807) is 14.2 Å². The highest BCUT2D eigenvalue weighted by Gasteiger charge is 2.30. The van der Waals surface area contributed by atoms with Gasteiger partial charge in [-0.3, -0.25) is 4.98 Å². The first kappa shape index (κ1) is 14.1. The van der Waals surface area contributed by atoms with Crippen molar-refractivity contribution in [3.63, 3.8) is 0 Å². The van der Waals surface area contributed by atoms with Gasteiger partial charge in [0.25, 0.3) is 0 Å². The van der Waals surface area contributed by atoms with Gasteiger partial charge in [0, 0.05) is 17.3 Å². The predicted octanol–water partition coefficient (Wildman–Crippen LogP) is 4.80. The molecule has 23 heavy (non-hydrogen) atoms. The summed E-state index contributed by atoms with van der Waals surface area (Å²) >= 11 is 0. The molecule has 0 unspecified atom stereocenters.